The van der Waals surface area contributed by atoms with E-state index in [1.54, 1.807) is 6.20 Å². The highest BCUT2D eigenvalue weighted by molar-refractivity contribution is 5.33. The van der Waals surface area contributed by atoms with Crippen LogP contribution in [-0.4, -0.2) is 30.6 Å². The molecule has 0 aliphatic carbocycles. The fraction of sp³-hybridized carbons (Fsp3) is 0.389. The van der Waals surface area contributed by atoms with E-state index in [1.807, 2.05) is 16.9 Å². The molecule has 6 nitrogen and oxygen atoms in total. The number of rotatable bonds is 5. The van der Waals surface area contributed by atoms with Crippen LogP contribution in [0.15, 0.2) is 42.7 Å². The van der Waals surface area contributed by atoms with E-state index in [9.17, 15) is 0 Å². The van der Waals surface area contributed by atoms with Crippen LogP contribution in [0, 0.1) is 0 Å². The van der Waals surface area contributed by atoms with Crippen LogP contribution in [-0.2, 0) is 25.9 Å². The normalized spacial score (nSPS) is 17.0. The smallest absolute Gasteiger partial charge is 0.150 e. The number of fused-ring (bicyclic) bond motifs is 1. The standard InChI is InChI=1S/C18H22N6/c1-2-17-21-18-9-6-15(13-24(18)22-17)19-12-14-4-7-16(8-5-14)23-11-3-10-20-23/h3-5,7-8,10-11,15,19H,2,6,9,12-13H2,1H3/t15-/m0/s1. The van der Waals surface area contributed by atoms with Crippen LogP contribution in [0.2, 0.25) is 0 Å². The maximum Gasteiger partial charge on any atom is 0.150 e. The maximum absolute atomic E-state index is 4.57. The Hall–Kier alpha value is -2.47. The minimum atomic E-state index is 0.453. The highest BCUT2D eigenvalue weighted by atomic mass is 15.4. The number of aromatic nitrogens is 5. The Balaban J connectivity index is 1.35. The molecule has 1 aromatic carbocycles. The fourth-order valence-electron chi connectivity index (χ4n) is 3.13. The zero-order valence-corrected chi connectivity index (χ0v) is 13.9. The molecule has 0 saturated heterocycles. The van der Waals surface area contributed by atoms with Crippen LogP contribution in [0.5, 0.6) is 0 Å². The number of aryl methyl sites for hydroxylation is 2. The summed E-state index contributed by atoms with van der Waals surface area (Å²) in [7, 11) is 0. The topological polar surface area (TPSA) is 60.6 Å². The van der Waals surface area contributed by atoms with E-state index in [1.165, 1.54) is 5.56 Å². The van der Waals surface area contributed by atoms with Gasteiger partial charge in [0.05, 0.1) is 12.2 Å². The molecule has 1 aliphatic rings. The van der Waals surface area contributed by atoms with Gasteiger partial charge in [0.15, 0.2) is 5.82 Å². The molecule has 3 aromatic rings. The van der Waals surface area contributed by atoms with Crippen LogP contribution < -0.4 is 5.32 Å². The van der Waals surface area contributed by atoms with Gasteiger partial charge in [-0.15, -0.1) is 0 Å². The van der Waals surface area contributed by atoms with E-state index in [0.29, 0.717) is 6.04 Å². The molecular weight excluding hydrogens is 300 g/mol. The number of nitrogens with zero attached hydrogens (tertiary/aromatic N) is 5. The Morgan fingerprint density at radius 1 is 1.25 bits per heavy atom. The van der Waals surface area contributed by atoms with Gasteiger partial charge < -0.3 is 5.32 Å². The van der Waals surface area contributed by atoms with Crippen molar-refractivity contribution in [2.24, 2.45) is 0 Å². The lowest BCUT2D eigenvalue weighted by molar-refractivity contribution is 0.357. The largest absolute Gasteiger partial charge is 0.308 e. The van der Waals surface area contributed by atoms with Crippen molar-refractivity contribution in [3.63, 3.8) is 0 Å². The van der Waals surface area contributed by atoms with Gasteiger partial charge >= 0.3 is 0 Å². The predicted molar refractivity (Wildman–Crippen MR) is 91.9 cm³/mol. The predicted octanol–water partition coefficient (Wildman–Crippen LogP) is 2.13. The summed E-state index contributed by atoms with van der Waals surface area (Å²) in [6.45, 7) is 3.88. The van der Waals surface area contributed by atoms with Crippen LogP contribution in [0.4, 0.5) is 0 Å². The molecular formula is C18H22N6. The number of hydrogen-bond acceptors (Lipinski definition) is 4. The monoisotopic (exact) mass is 322 g/mol. The maximum atomic E-state index is 4.57. The molecule has 0 unspecified atom stereocenters. The first kappa shape index (κ1) is 15.1. The number of hydrogen-bond donors (Lipinski definition) is 1. The zero-order valence-electron chi connectivity index (χ0n) is 13.9. The van der Waals surface area contributed by atoms with E-state index >= 15 is 0 Å². The molecule has 124 valence electrons. The first-order chi connectivity index (χ1) is 11.8. The van der Waals surface area contributed by atoms with E-state index in [0.717, 1.165) is 49.7 Å². The minimum Gasteiger partial charge on any atom is -0.308 e. The molecule has 0 radical (unpaired) electrons. The third kappa shape index (κ3) is 3.10. The molecule has 4 rings (SSSR count). The van der Waals surface area contributed by atoms with Crippen LogP contribution in [0.25, 0.3) is 5.69 Å². The Bertz CT molecular complexity index is 788. The van der Waals surface area contributed by atoms with Crippen molar-refractivity contribution < 1.29 is 0 Å². The zero-order chi connectivity index (χ0) is 16.4. The van der Waals surface area contributed by atoms with E-state index < -0.39 is 0 Å². The minimum absolute atomic E-state index is 0.453. The van der Waals surface area contributed by atoms with Crippen molar-refractivity contribution in [2.45, 2.75) is 45.3 Å². The molecule has 0 spiro atoms. The van der Waals surface area contributed by atoms with E-state index in [4.69, 9.17) is 0 Å². The molecule has 0 fully saturated rings. The summed E-state index contributed by atoms with van der Waals surface area (Å²) in [5.74, 6) is 2.09. The van der Waals surface area contributed by atoms with Crippen molar-refractivity contribution >= 4 is 0 Å². The summed E-state index contributed by atoms with van der Waals surface area (Å²) in [4.78, 5) is 4.57. The fourth-order valence-corrected chi connectivity index (χ4v) is 3.13. The molecule has 2 aromatic heterocycles. The summed E-state index contributed by atoms with van der Waals surface area (Å²) in [5, 5.41) is 12.5. The van der Waals surface area contributed by atoms with Gasteiger partial charge in [-0.3, -0.25) is 0 Å². The second-order valence-electron chi connectivity index (χ2n) is 6.21. The highest BCUT2D eigenvalue weighted by Gasteiger charge is 2.20. The van der Waals surface area contributed by atoms with Crippen molar-refractivity contribution in [2.75, 3.05) is 0 Å². The summed E-state index contributed by atoms with van der Waals surface area (Å²) < 4.78 is 3.94. The van der Waals surface area contributed by atoms with Gasteiger partial charge in [0, 0.05) is 37.8 Å². The molecule has 0 amide bonds. The summed E-state index contributed by atoms with van der Waals surface area (Å²) in [5.41, 5.74) is 2.37. The molecule has 1 N–H and O–H groups in total. The number of benzene rings is 1. The van der Waals surface area contributed by atoms with Crippen molar-refractivity contribution in [1.82, 2.24) is 29.9 Å². The van der Waals surface area contributed by atoms with Crippen LogP contribution >= 0.6 is 0 Å². The Kier molecular flexibility index (Phi) is 4.13. The lowest BCUT2D eigenvalue weighted by Gasteiger charge is -2.23. The van der Waals surface area contributed by atoms with Gasteiger partial charge in [-0.1, -0.05) is 19.1 Å². The second kappa shape index (κ2) is 6.57. The molecule has 3 heterocycles. The average Bonchev–Trinajstić information content (AvgIpc) is 3.29. The first-order valence-corrected chi connectivity index (χ1v) is 8.57. The van der Waals surface area contributed by atoms with Gasteiger partial charge in [0.1, 0.15) is 5.82 Å². The van der Waals surface area contributed by atoms with Gasteiger partial charge in [-0.2, -0.15) is 10.2 Å². The van der Waals surface area contributed by atoms with Gasteiger partial charge in [0.2, 0.25) is 0 Å². The third-order valence-corrected chi connectivity index (χ3v) is 4.52. The molecule has 0 bridgehead atoms. The van der Waals surface area contributed by atoms with E-state index in [2.05, 4.69) is 56.4 Å². The van der Waals surface area contributed by atoms with Crippen molar-refractivity contribution in [3.8, 4) is 5.69 Å². The Morgan fingerprint density at radius 3 is 2.88 bits per heavy atom. The molecule has 1 atom stereocenters. The van der Waals surface area contributed by atoms with Crippen LogP contribution in [0.1, 0.15) is 30.6 Å². The third-order valence-electron chi connectivity index (χ3n) is 4.52. The van der Waals surface area contributed by atoms with E-state index in [-0.39, 0.29) is 0 Å². The lowest BCUT2D eigenvalue weighted by atomic mass is 10.1. The van der Waals surface area contributed by atoms with Gasteiger partial charge in [-0.05, 0) is 30.2 Å². The molecule has 0 saturated carbocycles. The van der Waals surface area contributed by atoms with Crippen molar-refractivity contribution in [3.05, 3.63) is 59.9 Å². The SMILES string of the molecule is CCc1nc2n(n1)C[C@@H](NCc1ccc(-n3cccn3)cc1)CC2. The second-order valence-corrected chi connectivity index (χ2v) is 6.21. The summed E-state index contributed by atoms with van der Waals surface area (Å²) >= 11 is 0. The van der Waals surface area contributed by atoms with Gasteiger partial charge in [-0.25, -0.2) is 14.3 Å². The first-order valence-electron chi connectivity index (χ1n) is 8.57. The highest BCUT2D eigenvalue weighted by Crippen LogP contribution is 2.14. The quantitative estimate of drug-likeness (QED) is 0.782. The Morgan fingerprint density at radius 2 is 2.12 bits per heavy atom. The summed E-state index contributed by atoms with van der Waals surface area (Å²) in [6.07, 6.45) is 6.77. The van der Waals surface area contributed by atoms with Crippen molar-refractivity contribution in [1.29, 1.82) is 0 Å². The molecule has 1 aliphatic heterocycles. The Labute approximate surface area is 141 Å². The number of nitrogens with one attached hydrogen (secondary N) is 1. The van der Waals surface area contributed by atoms with Crippen LogP contribution in [0.3, 0.4) is 0 Å². The lowest BCUT2D eigenvalue weighted by Crippen LogP contribution is -2.37. The average molecular weight is 322 g/mol. The molecule has 6 heteroatoms. The van der Waals surface area contributed by atoms with Gasteiger partial charge in [0.25, 0.3) is 0 Å². The summed E-state index contributed by atoms with van der Waals surface area (Å²) in [6, 6.07) is 10.9. The molecule has 24 heavy (non-hydrogen) atoms.